The summed E-state index contributed by atoms with van der Waals surface area (Å²) in [7, 11) is 0. The third-order valence-corrected chi connectivity index (χ3v) is 8.39. The Labute approximate surface area is 242 Å². The van der Waals surface area contributed by atoms with Gasteiger partial charge in [-0.3, -0.25) is 8.78 Å². The highest BCUT2D eigenvalue weighted by Crippen LogP contribution is 2.36. The number of fused-ring (bicyclic) bond motifs is 1. The molecular weight excluding hydrogens is 560 g/mol. The second-order valence-corrected chi connectivity index (χ2v) is 11.4. The largest absolute Gasteiger partial charge is 0.768 e. The summed E-state index contributed by atoms with van der Waals surface area (Å²) in [5, 5.41) is 18.4. The standard InChI is InChI=1S/C28H26N8O3S2/c1-16-15-40-28(30-16)18-9-10-20(22(12-18)41(37)38)33-21-13-24(34-23-7-5-6-19(14-29)32-23)35-27-26(21)31-17(2)36(27)25-8-3-4-11-39-25/h5-7,9-10,12-13,15,25H,3-4,8,11H2,1-2H3,(H,37,38)(H2,32,33,34,35)/p-1. The number of anilines is 4. The van der Waals surface area contributed by atoms with Crippen LogP contribution in [0.3, 0.4) is 0 Å². The molecule has 1 aliphatic heterocycles. The fourth-order valence-corrected chi connectivity index (χ4v) is 6.15. The summed E-state index contributed by atoms with van der Waals surface area (Å²) in [6, 6.07) is 14.1. The van der Waals surface area contributed by atoms with Crippen LogP contribution in [0.2, 0.25) is 0 Å². The molecule has 13 heteroatoms. The number of nitrogens with zero attached hydrogens (tertiary/aromatic N) is 6. The topological polar surface area (TPSA) is 154 Å². The van der Waals surface area contributed by atoms with Crippen LogP contribution in [-0.2, 0) is 15.8 Å². The number of aryl methyl sites for hydroxylation is 2. The Morgan fingerprint density at radius 2 is 1.95 bits per heavy atom. The van der Waals surface area contributed by atoms with Crippen molar-refractivity contribution < 1.29 is 13.5 Å². The molecule has 208 valence electrons. The minimum atomic E-state index is -2.52. The third-order valence-electron chi connectivity index (χ3n) is 6.68. The summed E-state index contributed by atoms with van der Waals surface area (Å²) in [4.78, 5) is 18.6. The summed E-state index contributed by atoms with van der Waals surface area (Å²) in [6.07, 6.45) is 2.65. The minimum Gasteiger partial charge on any atom is -0.768 e. The van der Waals surface area contributed by atoms with E-state index in [9.17, 15) is 14.0 Å². The monoisotopic (exact) mass is 585 g/mol. The van der Waals surface area contributed by atoms with Crippen molar-refractivity contribution in [2.24, 2.45) is 0 Å². The second kappa shape index (κ2) is 11.3. The van der Waals surface area contributed by atoms with Gasteiger partial charge in [-0.2, -0.15) is 5.26 Å². The molecule has 2 unspecified atom stereocenters. The van der Waals surface area contributed by atoms with E-state index in [0.717, 1.165) is 35.8 Å². The van der Waals surface area contributed by atoms with Crippen molar-refractivity contribution >= 4 is 56.6 Å². The number of pyridine rings is 2. The summed E-state index contributed by atoms with van der Waals surface area (Å²) in [5.41, 5.74) is 3.95. The lowest BCUT2D eigenvalue weighted by atomic mass is 10.2. The van der Waals surface area contributed by atoms with Crippen LogP contribution in [0.4, 0.5) is 23.0 Å². The molecule has 0 saturated carbocycles. The first kappa shape index (κ1) is 27.0. The van der Waals surface area contributed by atoms with Crippen molar-refractivity contribution in [3.8, 4) is 16.6 Å². The number of hydrogen-bond donors (Lipinski definition) is 2. The Balaban J connectivity index is 1.46. The van der Waals surface area contributed by atoms with Crippen LogP contribution in [0.1, 0.15) is 42.7 Å². The van der Waals surface area contributed by atoms with E-state index in [0.29, 0.717) is 46.3 Å². The van der Waals surface area contributed by atoms with Gasteiger partial charge in [0.2, 0.25) is 0 Å². The summed E-state index contributed by atoms with van der Waals surface area (Å²) in [6.45, 7) is 4.45. The normalized spacial score (nSPS) is 15.9. The number of hydrogen-bond acceptors (Lipinski definition) is 11. The molecule has 4 aromatic heterocycles. The number of thiazole rings is 1. The molecule has 0 bridgehead atoms. The molecule has 2 atom stereocenters. The van der Waals surface area contributed by atoms with Gasteiger partial charge >= 0.3 is 0 Å². The average molecular weight is 586 g/mol. The number of nitrogens with one attached hydrogen (secondary N) is 2. The van der Waals surface area contributed by atoms with E-state index < -0.39 is 11.1 Å². The third kappa shape index (κ3) is 5.55. The van der Waals surface area contributed by atoms with Crippen LogP contribution in [0.25, 0.3) is 21.7 Å². The van der Waals surface area contributed by atoms with E-state index in [1.165, 1.54) is 11.3 Å². The zero-order valence-electron chi connectivity index (χ0n) is 22.2. The zero-order chi connectivity index (χ0) is 28.5. The average Bonchev–Trinajstić information content (AvgIpc) is 3.56. The molecule has 0 radical (unpaired) electrons. The van der Waals surface area contributed by atoms with E-state index in [1.54, 1.807) is 36.4 Å². The molecule has 1 aliphatic rings. The quantitative estimate of drug-likeness (QED) is 0.222. The van der Waals surface area contributed by atoms with Gasteiger partial charge in [0.1, 0.15) is 46.0 Å². The molecule has 0 amide bonds. The van der Waals surface area contributed by atoms with Gasteiger partial charge in [-0.1, -0.05) is 6.07 Å². The molecule has 2 N–H and O–H groups in total. The molecule has 0 spiro atoms. The molecule has 1 aromatic carbocycles. The minimum absolute atomic E-state index is 0.102. The number of rotatable bonds is 7. The van der Waals surface area contributed by atoms with Gasteiger partial charge in [0.25, 0.3) is 0 Å². The van der Waals surface area contributed by atoms with Crippen LogP contribution in [-0.4, -0.2) is 39.9 Å². The van der Waals surface area contributed by atoms with Gasteiger partial charge < -0.3 is 19.9 Å². The number of aromatic nitrogens is 5. The first-order valence-corrected chi connectivity index (χ1v) is 14.9. The molecule has 1 fully saturated rings. The summed E-state index contributed by atoms with van der Waals surface area (Å²) < 4.78 is 32.7. The summed E-state index contributed by atoms with van der Waals surface area (Å²) in [5.74, 6) is 1.62. The smallest absolute Gasteiger partial charge is 0.166 e. The SMILES string of the molecule is Cc1csc(-c2ccc(Nc3cc(Nc4cccc(C#N)n4)nc4c3nc(C)n4C3CCCCO3)c(S(=O)[O-])c2)n1. The van der Waals surface area contributed by atoms with Crippen LogP contribution in [0, 0.1) is 25.2 Å². The molecule has 1 saturated heterocycles. The lowest BCUT2D eigenvalue weighted by molar-refractivity contribution is -0.0308. The van der Waals surface area contributed by atoms with Gasteiger partial charge in [-0.05, 0) is 74.5 Å². The predicted molar refractivity (Wildman–Crippen MR) is 156 cm³/mol. The van der Waals surface area contributed by atoms with Crippen molar-refractivity contribution in [3.63, 3.8) is 0 Å². The number of ether oxygens (including phenoxy) is 1. The Morgan fingerprint density at radius 3 is 2.68 bits per heavy atom. The molecule has 0 aliphatic carbocycles. The van der Waals surface area contributed by atoms with Crippen molar-refractivity contribution in [3.05, 3.63) is 65.1 Å². The molecule has 41 heavy (non-hydrogen) atoms. The van der Waals surface area contributed by atoms with Crippen LogP contribution in [0.5, 0.6) is 0 Å². The summed E-state index contributed by atoms with van der Waals surface area (Å²) >= 11 is -1.06. The lowest BCUT2D eigenvalue weighted by Crippen LogP contribution is -2.19. The maximum absolute atomic E-state index is 12.3. The highest BCUT2D eigenvalue weighted by atomic mass is 32.2. The van der Waals surface area contributed by atoms with E-state index in [2.05, 4.69) is 20.6 Å². The maximum atomic E-state index is 12.3. The number of benzene rings is 1. The van der Waals surface area contributed by atoms with Gasteiger partial charge in [-0.25, -0.2) is 19.9 Å². The molecule has 5 heterocycles. The molecule has 5 aromatic rings. The van der Waals surface area contributed by atoms with Crippen LogP contribution >= 0.6 is 11.3 Å². The fraction of sp³-hybridized carbons (Fsp3) is 0.250. The van der Waals surface area contributed by atoms with E-state index in [-0.39, 0.29) is 16.8 Å². The highest BCUT2D eigenvalue weighted by molar-refractivity contribution is 7.79. The first-order valence-electron chi connectivity index (χ1n) is 13.0. The van der Waals surface area contributed by atoms with Crippen LogP contribution < -0.4 is 10.6 Å². The molecule has 6 rings (SSSR count). The first-order chi connectivity index (χ1) is 19.9. The van der Waals surface area contributed by atoms with Crippen molar-refractivity contribution in [2.45, 2.75) is 44.2 Å². The molecule has 11 nitrogen and oxygen atoms in total. The zero-order valence-corrected chi connectivity index (χ0v) is 23.9. The Hall–Kier alpha value is -4.22. The molecular formula is C28H25N8O3S2-. The van der Waals surface area contributed by atoms with Crippen molar-refractivity contribution in [2.75, 3.05) is 17.2 Å². The number of nitriles is 1. The van der Waals surface area contributed by atoms with Crippen molar-refractivity contribution in [1.29, 1.82) is 5.26 Å². The van der Waals surface area contributed by atoms with E-state index >= 15 is 0 Å². The van der Waals surface area contributed by atoms with Crippen molar-refractivity contribution in [1.82, 2.24) is 24.5 Å². The van der Waals surface area contributed by atoms with E-state index in [4.69, 9.17) is 14.7 Å². The Kier molecular flexibility index (Phi) is 7.46. The predicted octanol–water partition coefficient (Wildman–Crippen LogP) is 5.86. The fourth-order valence-electron chi connectivity index (χ4n) is 4.83. The highest BCUT2D eigenvalue weighted by Gasteiger charge is 2.24. The van der Waals surface area contributed by atoms with Gasteiger partial charge in [0.05, 0.1) is 11.4 Å². The number of imidazole rings is 1. The Bertz CT molecular complexity index is 1820. The second-order valence-electron chi connectivity index (χ2n) is 9.59. The van der Waals surface area contributed by atoms with Gasteiger partial charge in [0.15, 0.2) is 5.65 Å². The van der Waals surface area contributed by atoms with Gasteiger partial charge in [-0.15, -0.1) is 11.3 Å². The maximum Gasteiger partial charge on any atom is 0.166 e. The van der Waals surface area contributed by atoms with Crippen LogP contribution in [0.15, 0.2) is 52.7 Å². The van der Waals surface area contributed by atoms with E-state index in [1.807, 2.05) is 35.9 Å². The lowest BCUT2D eigenvalue weighted by Gasteiger charge is -2.25. The Morgan fingerprint density at radius 1 is 1.07 bits per heavy atom. The van der Waals surface area contributed by atoms with Gasteiger partial charge in [0, 0.05) is 34.2 Å².